The van der Waals surface area contributed by atoms with Gasteiger partial charge in [-0.2, -0.15) is 0 Å². The van der Waals surface area contributed by atoms with Crippen LogP contribution in [0.25, 0.3) is 0 Å². The molecule has 0 saturated heterocycles. The van der Waals surface area contributed by atoms with Crippen LogP contribution in [0.4, 0.5) is 0 Å². The van der Waals surface area contributed by atoms with E-state index < -0.39 is 0 Å². The maximum absolute atomic E-state index is 6.02. The summed E-state index contributed by atoms with van der Waals surface area (Å²) in [6.45, 7) is 24.4. The van der Waals surface area contributed by atoms with Gasteiger partial charge in [-0.15, -0.1) is 11.3 Å². The second-order valence-electron chi connectivity index (χ2n) is 12.5. The van der Waals surface area contributed by atoms with Crippen LogP contribution >= 0.6 is 11.3 Å². The highest BCUT2D eigenvalue weighted by atomic mass is 32.1. The van der Waals surface area contributed by atoms with Crippen LogP contribution in [0, 0.1) is 0 Å². The molecule has 1 heterocycles. The zero-order valence-electron chi connectivity index (χ0n) is 25.5. The van der Waals surface area contributed by atoms with E-state index in [1.807, 2.05) is 0 Å². The number of unbranched alkanes of at least 4 members (excludes halogenated alkanes) is 6. The summed E-state index contributed by atoms with van der Waals surface area (Å²) < 4.78 is 11.9. The van der Waals surface area contributed by atoms with Crippen molar-refractivity contribution < 1.29 is 9.47 Å². The third-order valence-electron chi connectivity index (χ3n) is 6.68. The highest BCUT2D eigenvalue weighted by Crippen LogP contribution is 2.43. The molecule has 0 aliphatic carbocycles. The fourth-order valence-corrected chi connectivity index (χ4v) is 6.19. The highest BCUT2D eigenvalue weighted by Gasteiger charge is 2.30. The molecule has 0 amide bonds. The minimum atomic E-state index is 0.187. The molecule has 0 fully saturated rings. The Kier molecular flexibility index (Phi) is 17.5. The monoisotopic (exact) mass is 523 g/mol. The molecule has 3 nitrogen and oxygen atoms in total. The Morgan fingerprint density at radius 3 is 1.64 bits per heavy atom. The van der Waals surface area contributed by atoms with Crippen molar-refractivity contribution in [3.8, 4) is 0 Å². The minimum absolute atomic E-state index is 0.187. The van der Waals surface area contributed by atoms with E-state index in [1.54, 1.807) is 20.9 Å². The van der Waals surface area contributed by atoms with Gasteiger partial charge in [-0.3, -0.25) is 0 Å². The lowest BCUT2D eigenvalue weighted by Gasteiger charge is -2.20. The molecule has 0 unspecified atom stereocenters. The van der Waals surface area contributed by atoms with Gasteiger partial charge in [0.15, 0.2) is 0 Å². The van der Waals surface area contributed by atoms with Crippen molar-refractivity contribution in [2.24, 2.45) is 0 Å². The van der Waals surface area contributed by atoms with Crippen molar-refractivity contribution in [2.75, 3.05) is 39.5 Å². The van der Waals surface area contributed by atoms with Crippen molar-refractivity contribution in [3.63, 3.8) is 0 Å². The summed E-state index contributed by atoms with van der Waals surface area (Å²) >= 11 is 2.08. The highest BCUT2D eigenvalue weighted by molar-refractivity contribution is 7.12. The first kappa shape index (κ1) is 33.6. The van der Waals surface area contributed by atoms with E-state index in [-0.39, 0.29) is 10.8 Å². The number of thiophene rings is 1. The van der Waals surface area contributed by atoms with Gasteiger partial charge in [-0.05, 0) is 73.4 Å². The number of nitrogens with one attached hydrogen (secondary N) is 1. The fourth-order valence-electron chi connectivity index (χ4n) is 4.68. The number of rotatable bonds is 21. The van der Waals surface area contributed by atoms with E-state index in [4.69, 9.17) is 9.47 Å². The fraction of sp³-hybridized carbons (Fsp3) is 0.875. The van der Waals surface area contributed by atoms with Crippen LogP contribution < -0.4 is 5.32 Å². The maximum Gasteiger partial charge on any atom is 0.0590 e. The van der Waals surface area contributed by atoms with Crippen LogP contribution in [0.2, 0.25) is 0 Å². The third-order valence-corrected chi connectivity index (χ3v) is 8.81. The molecule has 0 aromatic carbocycles. The zero-order valence-corrected chi connectivity index (χ0v) is 26.3. The first-order valence-electron chi connectivity index (χ1n) is 15.1. The maximum atomic E-state index is 6.02. The number of hydrogen-bond donors (Lipinski definition) is 1. The van der Waals surface area contributed by atoms with Crippen LogP contribution in [0.15, 0.2) is 0 Å². The smallest absolute Gasteiger partial charge is 0.0590 e. The second kappa shape index (κ2) is 18.8. The lowest BCUT2D eigenvalue weighted by Crippen LogP contribution is -2.20. The van der Waals surface area contributed by atoms with E-state index in [1.165, 1.54) is 57.8 Å². The lowest BCUT2D eigenvalue weighted by molar-refractivity contribution is 0.127. The molecule has 212 valence electrons. The van der Waals surface area contributed by atoms with E-state index in [0.717, 1.165) is 58.8 Å². The molecule has 0 bridgehead atoms. The predicted octanol–water partition coefficient (Wildman–Crippen LogP) is 8.99. The molecule has 1 aromatic heterocycles. The molecule has 0 saturated carbocycles. The summed E-state index contributed by atoms with van der Waals surface area (Å²) in [5, 5.41) is 3.46. The molecular formula is C32H61NO2S. The minimum Gasteiger partial charge on any atom is -0.381 e. The van der Waals surface area contributed by atoms with Gasteiger partial charge in [0.2, 0.25) is 0 Å². The number of ether oxygens (including phenoxy) is 2. The predicted molar refractivity (Wildman–Crippen MR) is 161 cm³/mol. The van der Waals surface area contributed by atoms with Gasteiger partial charge in [-0.1, -0.05) is 87.5 Å². The Morgan fingerprint density at radius 1 is 0.556 bits per heavy atom. The van der Waals surface area contributed by atoms with Gasteiger partial charge in [0.05, 0.1) is 6.61 Å². The van der Waals surface area contributed by atoms with Crippen molar-refractivity contribution in [2.45, 2.75) is 143 Å². The molecule has 0 atom stereocenters. The van der Waals surface area contributed by atoms with E-state index in [2.05, 4.69) is 72.0 Å². The van der Waals surface area contributed by atoms with Crippen LogP contribution in [-0.4, -0.2) is 39.5 Å². The van der Waals surface area contributed by atoms with Gasteiger partial charge in [0.1, 0.15) is 0 Å². The Hall–Kier alpha value is -0.420. The normalized spacial score (nSPS) is 12.6. The Bertz CT molecular complexity index is 669. The van der Waals surface area contributed by atoms with E-state index in [0.29, 0.717) is 0 Å². The zero-order chi connectivity index (χ0) is 26.9. The van der Waals surface area contributed by atoms with Gasteiger partial charge < -0.3 is 14.8 Å². The standard InChI is InChI=1S/C32H61NO2S/c1-9-11-13-14-16-23-34-25-18-20-28-27(19-15-17-24-35-26-22-33-21-12-10-2)29(31(3,4)5)36-30(28)32(6,7)8/h33H,9-26H2,1-8H3. The van der Waals surface area contributed by atoms with Crippen molar-refractivity contribution >= 4 is 11.3 Å². The van der Waals surface area contributed by atoms with E-state index in [9.17, 15) is 0 Å². The SMILES string of the molecule is CCCCCCCOCCCc1c(C(C)(C)C)sc(C(C)(C)C)c1CCCCOCCNCCCC. The molecule has 0 spiro atoms. The molecule has 36 heavy (non-hydrogen) atoms. The Morgan fingerprint density at radius 2 is 1.06 bits per heavy atom. The summed E-state index contributed by atoms with van der Waals surface area (Å²) in [5.41, 5.74) is 3.64. The molecule has 1 N–H and O–H groups in total. The second-order valence-corrected chi connectivity index (χ2v) is 13.5. The molecule has 0 aliphatic rings. The first-order valence-corrected chi connectivity index (χ1v) is 16.0. The van der Waals surface area contributed by atoms with Crippen LogP contribution in [0.5, 0.6) is 0 Å². The average molecular weight is 524 g/mol. The van der Waals surface area contributed by atoms with Crippen molar-refractivity contribution in [1.29, 1.82) is 0 Å². The van der Waals surface area contributed by atoms with Crippen LogP contribution in [-0.2, 0) is 33.1 Å². The summed E-state index contributed by atoms with van der Waals surface area (Å²) in [6.07, 6.45) is 14.8. The molecule has 4 heteroatoms. The van der Waals surface area contributed by atoms with Crippen molar-refractivity contribution in [3.05, 3.63) is 20.9 Å². The summed E-state index contributed by atoms with van der Waals surface area (Å²) in [6, 6.07) is 0. The van der Waals surface area contributed by atoms with Crippen molar-refractivity contribution in [1.82, 2.24) is 5.32 Å². The van der Waals surface area contributed by atoms with Crippen LogP contribution in [0.1, 0.15) is 140 Å². The van der Waals surface area contributed by atoms with Gasteiger partial charge >= 0.3 is 0 Å². The number of hydrogen-bond acceptors (Lipinski definition) is 4. The quantitative estimate of drug-likeness (QED) is 0.163. The van der Waals surface area contributed by atoms with Gasteiger partial charge in [0.25, 0.3) is 0 Å². The molecule has 0 radical (unpaired) electrons. The Labute approximate surface area is 229 Å². The summed E-state index contributed by atoms with van der Waals surface area (Å²) in [4.78, 5) is 3.19. The summed E-state index contributed by atoms with van der Waals surface area (Å²) in [5.74, 6) is 0. The lowest BCUT2D eigenvalue weighted by atomic mass is 9.84. The topological polar surface area (TPSA) is 30.5 Å². The van der Waals surface area contributed by atoms with Gasteiger partial charge in [-0.25, -0.2) is 0 Å². The Balaban J connectivity index is 2.65. The largest absolute Gasteiger partial charge is 0.381 e. The first-order chi connectivity index (χ1) is 17.1. The average Bonchev–Trinajstić information content (AvgIpc) is 3.18. The molecule has 0 aliphatic heterocycles. The summed E-state index contributed by atoms with van der Waals surface area (Å²) in [7, 11) is 0. The molecular weight excluding hydrogens is 462 g/mol. The van der Waals surface area contributed by atoms with Crippen LogP contribution in [0.3, 0.4) is 0 Å². The van der Waals surface area contributed by atoms with Gasteiger partial charge in [0, 0.05) is 36.1 Å². The molecule has 1 rings (SSSR count). The third kappa shape index (κ3) is 13.9. The van der Waals surface area contributed by atoms with E-state index >= 15 is 0 Å². The molecule has 1 aromatic rings.